The van der Waals surface area contributed by atoms with Crippen molar-refractivity contribution in [2.45, 2.75) is 45.3 Å². The van der Waals surface area contributed by atoms with Crippen molar-refractivity contribution in [3.63, 3.8) is 0 Å². The van der Waals surface area contributed by atoms with Gasteiger partial charge in [-0.05, 0) is 37.8 Å². The highest BCUT2D eigenvalue weighted by Gasteiger charge is 2.30. The first-order valence-corrected chi connectivity index (χ1v) is 11.9. The van der Waals surface area contributed by atoms with E-state index in [2.05, 4.69) is 22.3 Å². The summed E-state index contributed by atoms with van der Waals surface area (Å²) in [6.07, 6.45) is 7.42. The number of hydrogen-bond donors (Lipinski definition) is 2. The fourth-order valence-electron chi connectivity index (χ4n) is 5.02. The molecule has 5 heterocycles. The molecule has 184 valence electrons. The Labute approximate surface area is 203 Å². The van der Waals surface area contributed by atoms with Crippen LogP contribution >= 0.6 is 0 Å². The molecule has 2 atom stereocenters. The number of pyridine rings is 1. The topological polar surface area (TPSA) is 124 Å². The first kappa shape index (κ1) is 23.3. The minimum atomic E-state index is -0.355. The van der Waals surface area contributed by atoms with E-state index < -0.39 is 0 Å². The van der Waals surface area contributed by atoms with E-state index in [9.17, 15) is 4.79 Å². The minimum absolute atomic E-state index is 0.0683. The Kier molecular flexibility index (Phi) is 6.16. The molecule has 0 radical (unpaired) electrons. The first-order chi connectivity index (χ1) is 16.9. The van der Waals surface area contributed by atoms with Crippen molar-refractivity contribution in [3.8, 4) is 0 Å². The molecule has 0 bridgehead atoms. The molecule has 0 amide bonds. The second-order valence-electron chi connectivity index (χ2n) is 9.08. The van der Waals surface area contributed by atoms with E-state index in [1.54, 1.807) is 17.8 Å². The number of fused-ring (bicyclic) bond motifs is 3. The quantitative estimate of drug-likeness (QED) is 0.538. The van der Waals surface area contributed by atoms with Gasteiger partial charge in [-0.1, -0.05) is 6.92 Å². The molecule has 2 aliphatic heterocycles. The molecule has 0 spiro atoms. The van der Waals surface area contributed by atoms with Crippen molar-refractivity contribution in [2.24, 2.45) is 10.7 Å². The van der Waals surface area contributed by atoms with Crippen molar-refractivity contribution in [3.05, 3.63) is 45.9 Å². The molecule has 1 fully saturated rings. The monoisotopic (exact) mass is 477 g/mol. The van der Waals surface area contributed by atoms with Gasteiger partial charge in [0.15, 0.2) is 11.2 Å². The third-order valence-electron chi connectivity index (χ3n) is 6.75. The van der Waals surface area contributed by atoms with E-state index in [1.807, 2.05) is 31.2 Å². The number of rotatable bonds is 5. The van der Waals surface area contributed by atoms with Crippen molar-refractivity contribution in [2.75, 3.05) is 27.2 Å². The lowest BCUT2D eigenvalue weighted by Crippen LogP contribution is -2.34. The molecule has 0 saturated carbocycles. The summed E-state index contributed by atoms with van der Waals surface area (Å²) in [7, 11) is 3.60. The zero-order chi connectivity index (χ0) is 24.7. The zero-order valence-corrected chi connectivity index (χ0v) is 20.5. The lowest BCUT2D eigenvalue weighted by molar-refractivity contribution is -0.00711. The number of furan rings is 1. The van der Waals surface area contributed by atoms with Crippen LogP contribution in [0.15, 0.2) is 32.7 Å². The second kappa shape index (κ2) is 9.27. The van der Waals surface area contributed by atoms with Crippen molar-refractivity contribution in [1.82, 2.24) is 25.0 Å². The van der Waals surface area contributed by atoms with Crippen molar-refractivity contribution < 1.29 is 9.15 Å². The molecule has 3 aromatic heterocycles. The maximum absolute atomic E-state index is 13.6. The second-order valence-corrected chi connectivity index (χ2v) is 9.08. The van der Waals surface area contributed by atoms with E-state index in [-0.39, 0.29) is 17.8 Å². The van der Waals surface area contributed by atoms with Gasteiger partial charge in [0, 0.05) is 63.0 Å². The summed E-state index contributed by atoms with van der Waals surface area (Å²) in [5.41, 5.74) is 15.0. The molecule has 10 nitrogen and oxygen atoms in total. The van der Waals surface area contributed by atoms with Gasteiger partial charge in [-0.3, -0.25) is 9.56 Å². The Hall–Kier alpha value is -3.50. The fraction of sp³-hybridized carbons (Fsp3) is 0.440. The van der Waals surface area contributed by atoms with Gasteiger partial charge < -0.3 is 19.9 Å². The lowest BCUT2D eigenvalue weighted by Gasteiger charge is -2.30. The van der Waals surface area contributed by atoms with Gasteiger partial charge >= 0.3 is 5.69 Å². The molecule has 0 aromatic carbocycles. The molecule has 3 aromatic rings. The number of hydrogen-bond acceptors (Lipinski definition) is 9. The number of ether oxygens (including phenoxy) is 1. The fourth-order valence-corrected chi connectivity index (χ4v) is 5.02. The Morgan fingerprint density at radius 2 is 2.23 bits per heavy atom. The summed E-state index contributed by atoms with van der Waals surface area (Å²) in [5, 5.41) is 1.92. The molecule has 1 saturated heterocycles. The molecule has 10 heteroatoms. The average molecular weight is 478 g/mol. The highest BCUT2D eigenvalue weighted by atomic mass is 16.5. The highest BCUT2D eigenvalue weighted by molar-refractivity contribution is 6.14. The minimum Gasteiger partial charge on any atom is -0.450 e. The largest absolute Gasteiger partial charge is 0.450 e. The number of allylic oxidation sites excluding steroid dienone is 1. The number of nitrogens with one attached hydrogen (secondary N) is 1. The van der Waals surface area contributed by atoms with Crippen LogP contribution in [0.4, 0.5) is 0 Å². The van der Waals surface area contributed by atoms with E-state index in [4.69, 9.17) is 19.9 Å². The maximum atomic E-state index is 13.6. The number of nitrogens with two attached hydrogens (primary N) is 1. The normalized spacial score (nSPS) is 21.5. The van der Waals surface area contributed by atoms with E-state index >= 15 is 0 Å². The van der Waals surface area contributed by atoms with Crippen LogP contribution in [-0.4, -0.2) is 59.1 Å². The summed E-state index contributed by atoms with van der Waals surface area (Å²) >= 11 is 0. The van der Waals surface area contributed by atoms with Crippen molar-refractivity contribution in [1.29, 1.82) is 0 Å². The summed E-state index contributed by atoms with van der Waals surface area (Å²) < 4.78 is 14.0. The smallest absolute Gasteiger partial charge is 0.349 e. The van der Waals surface area contributed by atoms with E-state index in [0.717, 1.165) is 29.7 Å². The summed E-state index contributed by atoms with van der Waals surface area (Å²) in [4.78, 5) is 27.1. The molecule has 3 N–H and O–H groups in total. The third-order valence-corrected chi connectivity index (χ3v) is 6.75. The van der Waals surface area contributed by atoms with Gasteiger partial charge in [-0.2, -0.15) is 4.98 Å². The summed E-state index contributed by atoms with van der Waals surface area (Å²) in [6.45, 7) is 5.38. The van der Waals surface area contributed by atoms with E-state index in [0.29, 0.717) is 53.0 Å². The molecular weight excluding hydrogens is 446 g/mol. The standard InChI is InChI=1S/C25H31N7O3/c1-5-18-9-17(6-7-34-18)32-23-22-19(8-14(2)20(29-22)16-12-28-31(4)13-16)35-24(23)21(30-25(32)33)15(10-26)11-27-3/h8,10-11,13,17-18,28H,5-7,9,12,26H2,1-4H3/t17-,18-/m0/s1. The summed E-state index contributed by atoms with van der Waals surface area (Å²) in [5.74, 6) is 0. The lowest BCUT2D eigenvalue weighted by atomic mass is 10.0. The van der Waals surface area contributed by atoms with Crippen LogP contribution in [0.1, 0.15) is 49.2 Å². The maximum Gasteiger partial charge on any atom is 0.349 e. The van der Waals surface area contributed by atoms with Crippen LogP contribution in [0.5, 0.6) is 0 Å². The van der Waals surface area contributed by atoms with Crippen LogP contribution in [0.25, 0.3) is 33.3 Å². The number of aliphatic imine (C=N–C) groups is 1. The van der Waals surface area contributed by atoms with Crippen LogP contribution in [0, 0.1) is 6.92 Å². The molecular formula is C25H31N7O3. The Morgan fingerprint density at radius 3 is 2.91 bits per heavy atom. The molecule has 0 unspecified atom stereocenters. The first-order valence-electron chi connectivity index (χ1n) is 11.9. The van der Waals surface area contributed by atoms with Gasteiger partial charge in [0.05, 0.1) is 11.8 Å². The third kappa shape index (κ3) is 4.02. The molecule has 35 heavy (non-hydrogen) atoms. The number of nitrogens with zero attached hydrogens (tertiary/aromatic N) is 5. The van der Waals surface area contributed by atoms with Gasteiger partial charge in [0.1, 0.15) is 16.7 Å². The Bertz CT molecular complexity index is 1430. The average Bonchev–Trinajstić information content (AvgIpc) is 3.44. The van der Waals surface area contributed by atoms with Crippen LogP contribution in [0.2, 0.25) is 0 Å². The number of aryl methyl sites for hydroxylation is 1. The van der Waals surface area contributed by atoms with Gasteiger partial charge in [-0.15, -0.1) is 0 Å². The van der Waals surface area contributed by atoms with Gasteiger partial charge in [0.2, 0.25) is 0 Å². The van der Waals surface area contributed by atoms with Crippen LogP contribution in [-0.2, 0) is 4.74 Å². The van der Waals surface area contributed by atoms with Crippen molar-refractivity contribution >= 4 is 39.6 Å². The van der Waals surface area contributed by atoms with Crippen LogP contribution in [0.3, 0.4) is 0 Å². The summed E-state index contributed by atoms with van der Waals surface area (Å²) in [6, 6.07) is 1.91. The Morgan fingerprint density at radius 1 is 1.40 bits per heavy atom. The Balaban J connectivity index is 1.83. The van der Waals surface area contributed by atoms with Gasteiger partial charge in [-0.25, -0.2) is 15.2 Å². The zero-order valence-electron chi connectivity index (χ0n) is 20.5. The van der Waals surface area contributed by atoms with E-state index in [1.165, 1.54) is 6.20 Å². The molecule has 5 rings (SSSR count). The number of aromatic nitrogens is 3. The highest BCUT2D eigenvalue weighted by Crippen LogP contribution is 2.36. The van der Waals surface area contributed by atoms with Crippen LogP contribution < -0.4 is 16.8 Å². The SMILES string of the molecule is CC[C@H]1C[C@@H](n2c(=O)nc(C(C=NC)=CN)c3oc4cc(C)c(C5=CN(C)NC5)nc4c32)CCO1. The number of hydrazine groups is 1. The van der Waals surface area contributed by atoms with Gasteiger partial charge in [0.25, 0.3) is 0 Å². The molecule has 0 aliphatic carbocycles. The molecule has 2 aliphatic rings. The predicted molar refractivity (Wildman–Crippen MR) is 137 cm³/mol. The predicted octanol–water partition coefficient (Wildman–Crippen LogP) is 2.77.